The standard InChI is InChI=1S/C16H25IO/c1-5-7-13(6-2)12-18-15-10-8-14(9-11-15)16(3,4)17/h8-11,13H,5-7,12H2,1-4H3/t13-/m0/s1. The van der Waals surface area contributed by atoms with Crippen LogP contribution in [0, 0.1) is 5.92 Å². The lowest BCUT2D eigenvalue weighted by molar-refractivity contribution is 0.235. The van der Waals surface area contributed by atoms with Crippen LogP contribution < -0.4 is 4.74 Å². The Labute approximate surface area is 125 Å². The van der Waals surface area contributed by atoms with Gasteiger partial charge in [-0.1, -0.05) is 61.4 Å². The Morgan fingerprint density at radius 3 is 2.22 bits per heavy atom. The molecule has 1 aromatic rings. The van der Waals surface area contributed by atoms with Crippen LogP contribution >= 0.6 is 22.6 Å². The van der Waals surface area contributed by atoms with Gasteiger partial charge in [-0.3, -0.25) is 0 Å². The first-order chi connectivity index (χ1) is 8.47. The molecule has 0 aliphatic rings. The molecule has 1 nitrogen and oxygen atoms in total. The van der Waals surface area contributed by atoms with E-state index in [0.717, 1.165) is 12.4 Å². The molecule has 0 heterocycles. The van der Waals surface area contributed by atoms with E-state index in [2.05, 4.69) is 74.6 Å². The molecule has 0 spiro atoms. The van der Waals surface area contributed by atoms with Crippen LogP contribution in [0.5, 0.6) is 5.75 Å². The molecule has 1 rings (SSSR count). The third kappa shape index (κ3) is 5.17. The Bertz CT molecular complexity index is 337. The molecule has 0 amide bonds. The van der Waals surface area contributed by atoms with Crippen molar-refractivity contribution >= 4 is 22.6 Å². The lowest BCUT2D eigenvalue weighted by atomic mass is 10.0. The summed E-state index contributed by atoms with van der Waals surface area (Å²) in [6, 6.07) is 8.52. The van der Waals surface area contributed by atoms with Crippen LogP contribution in [-0.4, -0.2) is 6.61 Å². The Hall–Kier alpha value is -0.250. The van der Waals surface area contributed by atoms with Crippen molar-refractivity contribution in [2.75, 3.05) is 6.61 Å². The molecule has 0 radical (unpaired) electrons. The molecule has 0 aliphatic carbocycles. The summed E-state index contributed by atoms with van der Waals surface area (Å²) in [6.45, 7) is 9.76. The van der Waals surface area contributed by atoms with Crippen molar-refractivity contribution in [1.82, 2.24) is 0 Å². The Balaban J connectivity index is 2.53. The number of hydrogen-bond acceptors (Lipinski definition) is 1. The fraction of sp³-hybridized carbons (Fsp3) is 0.625. The zero-order chi connectivity index (χ0) is 13.6. The minimum Gasteiger partial charge on any atom is -0.493 e. The fourth-order valence-electron chi connectivity index (χ4n) is 1.98. The van der Waals surface area contributed by atoms with Crippen LogP contribution in [0.25, 0.3) is 0 Å². The summed E-state index contributed by atoms with van der Waals surface area (Å²) in [5, 5.41) is 0. The molecule has 1 aromatic carbocycles. The Morgan fingerprint density at radius 2 is 1.78 bits per heavy atom. The van der Waals surface area contributed by atoms with E-state index in [1.165, 1.54) is 24.8 Å². The number of hydrogen-bond donors (Lipinski definition) is 0. The van der Waals surface area contributed by atoms with Crippen molar-refractivity contribution in [3.05, 3.63) is 29.8 Å². The first-order valence-electron chi connectivity index (χ1n) is 6.89. The van der Waals surface area contributed by atoms with Gasteiger partial charge in [0.1, 0.15) is 5.75 Å². The maximum atomic E-state index is 5.88. The minimum absolute atomic E-state index is 0.185. The highest BCUT2D eigenvalue weighted by Gasteiger charge is 2.15. The highest BCUT2D eigenvalue weighted by molar-refractivity contribution is 14.1. The Kier molecular flexibility index (Phi) is 6.47. The molecule has 102 valence electrons. The largest absolute Gasteiger partial charge is 0.493 e. The first kappa shape index (κ1) is 15.8. The van der Waals surface area contributed by atoms with Crippen molar-refractivity contribution in [3.8, 4) is 5.75 Å². The molecule has 0 unspecified atom stereocenters. The smallest absolute Gasteiger partial charge is 0.119 e. The van der Waals surface area contributed by atoms with E-state index in [4.69, 9.17) is 4.74 Å². The maximum absolute atomic E-state index is 5.88. The van der Waals surface area contributed by atoms with E-state index in [1.807, 2.05) is 0 Å². The second-order valence-corrected chi connectivity index (χ2v) is 8.07. The van der Waals surface area contributed by atoms with Crippen LogP contribution in [-0.2, 0) is 3.42 Å². The van der Waals surface area contributed by atoms with Crippen molar-refractivity contribution in [3.63, 3.8) is 0 Å². The number of benzene rings is 1. The van der Waals surface area contributed by atoms with Crippen LogP contribution in [0.4, 0.5) is 0 Å². The molecule has 2 heteroatoms. The highest BCUT2D eigenvalue weighted by atomic mass is 127. The quantitative estimate of drug-likeness (QED) is 0.457. The zero-order valence-corrected chi connectivity index (χ0v) is 14.2. The van der Waals surface area contributed by atoms with E-state index < -0.39 is 0 Å². The topological polar surface area (TPSA) is 9.23 Å². The van der Waals surface area contributed by atoms with Crippen molar-refractivity contribution < 1.29 is 4.74 Å². The number of alkyl halides is 1. The third-order valence-corrected chi connectivity index (χ3v) is 3.92. The number of rotatable bonds is 7. The molecular formula is C16H25IO. The second-order valence-electron chi connectivity index (χ2n) is 5.37. The molecule has 1 atom stereocenters. The first-order valence-corrected chi connectivity index (χ1v) is 7.97. The molecule has 0 fully saturated rings. The van der Waals surface area contributed by atoms with E-state index >= 15 is 0 Å². The van der Waals surface area contributed by atoms with Crippen LogP contribution in [0.3, 0.4) is 0 Å². The minimum atomic E-state index is 0.185. The second kappa shape index (κ2) is 7.37. The van der Waals surface area contributed by atoms with Crippen LogP contribution in [0.1, 0.15) is 52.5 Å². The predicted octanol–water partition coefficient (Wildman–Crippen LogP) is 5.56. The predicted molar refractivity (Wildman–Crippen MR) is 87.7 cm³/mol. The van der Waals surface area contributed by atoms with E-state index in [1.54, 1.807) is 0 Å². The van der Waals surface area contributed by atoms with E-state index in [-0.39, 0.29) is 3.42 Å². The zero-order valence-electron chi connectivity index (χ0n) is 12.0. The van der Waals surface area contributed by atoms with Crippen molar-refractivity contribution in [2.45, 2.75) is 50.4 Å². The van der Waals surface area contributed by atoms with Gasteiger partial charge in [0.15, 0.2) is 0 Å². The summed E-state index contributed by atoms with van der Waals surface area (Å²) in [5.74, 6) is 1.68. The van der Waals surface area contributed by atoms with Gasteiger partial charge in [-0.25, -0.2) is 0 Å². The monoisotopic (exact) mass is 360 g/mol. The average molecular weight is 360 g/mol. The highest BCUT2D eigenvalue weighted by Crippen LogP contribution is 2.31. The van der Waals surface area contributed by atoms with Gasteiger partial charge in [0.2, 0.25) is 0 Å². The average Bonchev–Trinajstić information content (AvgIpc) is 2.34. The Morgan fingerprint density at radius 1 is 1.17 bits per heavy atom. The maximum Gasteiger partial charge on any atom is 0.119 e. The van der Waals surface area contributed by atoms with Crippen molar-refractivity contribution in [1.29, 1.82) is 0 Å². The normalized spacial score (nSPS) is 13.4. The molecule has 0 N–H and O–H groups in total. The van der Waals surface area contributed by atoms with Gasteiger partial charge in [0.25, 0.3) is 0 Å². The van der Waals surface area contributed by atoms with Gasteiger partial charge in [-0.2, -0.15) is 0 Å². The third-order valence-electron chi connectivity index (χ3n) is 3.30. The molecule has 18 heavy (non-hydrogen) atoms. The van der Waals surface area contributed by atoms with Gasteiger partial charge in [-0.05, 0) is 43.9 Å². The van der Waals surface area contributed by atoms with Gasteiger partial charge in [0, 0.05) is 3.42 Å². The fourth-order valence-corrected chi connectivity index (χ4v) is 2.33. The molecule has 0 bridgehead atoms. The lowest BCUT2D eigenvalue weighted by Gasteiger charge is -2.18. The van der Waals surface area contributed by atoms with Crippen molar-refractivity contribution in [2.24, 2.45) is 5.92 Å². The molecular weight excluding hydrogens is 335 g/mol. The summed E-state index contributed by atoms with van der Waals surface area (Å²) >= 11 is 2.46. The summed E-state index contributed by atoms with van der Waals surface area (Å²) in [4.78, 5) is 0. The molecule has 0 aromatic heterocycles. The van der Waals surface area contributed by atoms with Gasteiger partial charge < -0.3 is 4.74 Å². The molecule has 0 aliphatic heterocycles. The molecule has 0 saturated heterocycles. The van der Waals surface area contributed by atoms with Gasteiger partial charge >= 0.3 is 0 Å². The van der Waals surface area contributed by atoms with E-state index in [9.17, 15) is 0 Å². The summed E-state index contributed by atoms with van der Waals surface area (Å²) < 4.78 is 6.06. The summed E-state index contributed by atoms with van der Waals surface area (Å²) in [5.41, 5.74) is 1.34. The number of halogens is 1. The summed E-state index contributed by atoms with van der Waals surface area (Å²) in [6.07, 6.45) is 3.70. The lowest BCUT2D eigenvalue weighted by Crippen LogP contribution is -2.11. The van der Waals surface area contributed by atoms with Gasteiger partial charge in [0.05, 0.1) is 6.61 Å². The summed E-state index contributed by atoms with van der Waals surface area (Å²) in [7, 11) is 0. The van der Waals surface area contributed by atoms with Crippen LogP contribution in [0.15, 0.2) is 24.3 Å². The SMILES string of the molecule is CCC[C@H](CC)COc1ccc(C(C)(C)I)cc1. The molecule has 0 saturated carbocycles. The van der Waals surface area contributed by atoms with E-state index in [0.29, 0.717) is 5.92 Å². The van der Waals surface area contributed by atoms with Crippen LogP contribution in [0.2, 0.25) is 0 Å². The number of ether oxygens (including phenoxy) is 1. The van der Waals surface area contributed by atoms with Gasteiger partial charge in [-0.15, -0.1) is 0 Å².